The van der Waals surface area contributed by atoms with Crippen LogP contribution < -0.4 is 0 Å². The molecule has 0 atom stereocenters. The Bertz CT molecular complexity index is 88.9. The molecule has 0 saturated heterocycles. The van der Waals surface area contributed by atoms with Crippen LogP contribution in [0.25, 0.3) is 0 Å². The van der Waals surface area contributed by atoms with Crippen LogP contribution in [0.15, 0.2) is 10.0 Å². The molecule has 0 unspecified atom stereocenters. The first-order valence-electron chi connectivity index (χ1n) is 3.29. The zero-order chi connectivity index (χ0) is 7.11. The fourth-order valence-corrected chi connectivity index (χ4v) is 2.20. The fraction of sp³-hybridized carbons (Fsp3) is 0.714. The first kappa shape index (κ1) is 9.55. The minimum absolute atomic E-state index is 0.552. The molecule has 0 amide bonds. The Morgan fingerprint density at radius 1 is 1.56 bits per heavy atom. The van der Waals surface area contributed by atoms with Crippen LogP contribution in [0.4, 0.5) is 0 Å². The Balaban J connectivity index is 3.30. The van der Waals surface area contributed by atoms with Crippen molar-refractivity contribution in [2.24, 2.45) is 0 Å². The van der Waals surface area contributed by atoms with E-state index in [0.717, 1.165) is 10.4 Å². The molecule has 0 N–H and O–H groups in total. The van der Waals surface area contributed by atoms with E-state index in [1.54, 1.807) is 0 Å². The van der Waals surface area contributed by atoms with Crippen molar-refractivity contribution in [2.75, 3.05) is 0 Å². The molecular weight excluding hydrogens is 198 g/mol. The summed E-state index contributed by atoms with van der Waals surface area (Å²) in [4.78, 5) is 0. The van der Waals surface area contributed by atoms with Crippen LogP contribution in [-0.4, -0.2) is 15.0 Å². The summed E-state index contributed by atoms with van der Waals surface area (Å²) in [7, 11) is 0. The Morgan fingerprint density at radius 3 is 2.67 bits per heavy atom. The molecule has 0 saturated carbocycles. The van der Waals surface area contributed by atoms with Crippen LogP contribution in [0, 0.1) is 0 Å². The predicted molar refractivity (Wildman–Crippen MR) is 45.1 cm³/mol. The molecule has 0 rings (SSSR count). The van der Waals surface area contributed by atoms with Gasteiger partial charge in [0.1, 0.15) is 0 Å². The molecule has 0 spiro atoms. The Kier molecular flexibility index (Phi) is 7.07. The van der Waals surface area contributed by atoms with Gasteiger partial charge in [-0.05, 0) is 0 Å². The molecular formula is C7H13ClSe. The second-order valence-corrected chi connectivity index (χ2v) is 5.39. The summed E-state index contributed by atoms with van der Waals surface area (Å²) in [6, 6.07) is 0. The molecule has 2 heteroatoms. The Hall–Kier alpha value is 0.549. The van der Waals surface area contributed by atoms with Gasteiger partial charge in [-0.2, -0.15) is 0 Å². The summed E-state index contributed by atoms with van der Waals surface area (Å²) in [6.45, 7) is 4.34. The maximum absolute atomic E-state index is 5.85. The molecule has 0 fully saturated rings. The van der Waals surface area contributed by atoms with Crippen LogP contribution in [0.1, 0.15) is 26.7 Å². The summed E-state index contributed by atoms with van der Waals surface area (Å²) in [5.41, 5.74) is 0. The van der Waals surface area contributed by atoms with Crippen molar-refractivity contribution in [1.82, 2.24) is 0 Å². The number of halogens is 1. The van der Waals surface area contributed by atoms with E-state index in [9.17, 15) is 0 Å². The standard InChI is InChI=1S/C7H13ClSe/c1-3-5-6-7(8)9-4-2/h6H,3-5H2,1-2H3/b7-6-. The molecule has 0 aromatic heterocycles. The third-order valence-electron chi connectivity index (χ3n) is 0.876. The van der Waals surface area contributed by atoms with Gasteiger partial charge < -0.3 is 0 Å². The van der Waals surface area contributed by atoms with Crippen LogP contribution in [0.5, 0.6) is 0 Å². The Morgan fingerprint density at radius 2 is 2.22 bits per heavy atom. The molecule has 0 nitrogen and oxygen atoms in total. The van der Waals surface area contributed by atoms with Gasteiger partial charge in [0.25, 0.3) is 0 Å². The van der Waals surface area contributed by atoms with Crippen LogP contribution in [0.3, 0.4) is 0 Å². The quantitative estimate of drug-likeness (QED) is 0.627. The number of rotatable bonds is 4. The van der Waals surface area contributed by atoms with E-state index in [4.69, 9.17) is 11.6 Å². The molecule has 0 aliphatic carbocycles. The van der Waals surface area contributed by atoms with Crippen molar-refractivity contribution in [3.05, 3.63) is 10.0 Å². The average molecular weight is 212 g/mol. The molecule has 0 aromatic carbocycles. The van der Waals surface area contributed by atoms with Crippen LogP contribution >= 0.6 is 11.6 Å². The van der Waals surface area contributed by atoms with E-state index in [-0.39, 0.29) is 0 Å². The predicted octanol–water partition coefficient (Wildman–Crippen LogP) is 3.01. The summed E-state index contributed by atoms with van der Waals surface area (Å²) in [5, 5.41) is 1.21. The summed E-state index contributed by atoms with van der Waals surface area (Å²) in [5.74, 6) is 0. The third kappa shape index (κ3) is 6.43. The van der Waals surface area contributed by atoms with Gasteiger partial charge in [-0.15, -0.1) is 0 Å². The number of hydrogen-bond acceptors (Lipinski definition) is 0. The van der Waals surface area contributed by atoms with E-state index >= 15 is 0 Å². The van der Waals surface area contributed by atoms with Crippen molar-refractivity contribution in [2.45, 2.75) is 32.0 Å². The first-order chi connectivity index (χ1) is 4.31. The average Bonchev–Trinajstić information content (AvgIpc) is 1.85. The van der Waals surface area contributed by atoms with E-state index < -0.39 is 0 Å². The molecule has 0 radical (unpaired) electrons. The van der Waals surface area contributed by atoms with E-state index in [0.29, 0.717) is 15.0 Å². The van der Waals surface area contributed by atoms with Crippen LogP contribution in [0.2, 0.25) is 5.32 Å². The van der Waals surface area contributed by atoms with Crippen molar-refractivity contribution < 1.29 is 0 Å². The third-order valence-corrected chi connectivity index (χ3v) is 3.13. The van der Waals surface area contributed by atoms with Gasteiger partial charge in [-0.3, -0.25) is 0 Å². The zero-order valence-corrected chi connectivity index (χ0v) is 8.45. The normalized spacial score (nSPS) is 12.1. The first-order valence-corrected chi connectivity index (χ1v) is 5.74. The summed E-state index contributed by atoms with van der Waals surface area (Å²) >= 11 is 6.40. The molecule has 0 aliphatic heterocycles. The van der Waals surface area contributed by atoms with Crippen molar-refractivity contribution in [3.63, 3.8) is 0 Å². The van der Waals surface area contributed by atoms with Crippen LogP contribution in [-0.2, 0) is 0 Å². The van der Waals surface area contributed by atoms with Crippen molar-refractivity contribution >= 4 is 26.6 Å². The monoisotopic (exact) mass is 212 g/mol. The van der Waals surface area contributed by atoms with Gasteiger partial charge in [0, 0.05) is 0 Å². The molecule has 0 aliphatic rings. The number of unbranched alkanes of at least 4 members (excludes halogenated alkanes) is 1. The number of allylic oxidation sites excluding steroid dienone is 1. The van der Waals surface area contributed by atoms with E-state index in [2.05, 4.69) is 19.9 Å². The van der Waals surface area contributed by atoms with Gasteiger partial charge in [-0.25, -0.2) is 0 Å². The van der Waals surface area contributed by atoms with Gasteiger partial charge in [0.2, 0.25) is 0 Å². The summed E-state index contributed by atoms with van der Waals surface area (Å²) in [6.07, 6.45) is 4.49. The van der Waals surface area contributed by atoms with E-state index in [1.807, 2.05) is 0 Å². The SMILES string of the molecule is CCC/C=C(/Cl)[Se]CC. The van der Waals surface area contributed by atoms with Gasteiger partial charge in [0.05, 0.1) is 0 Å². The van der Waals surface area contributed by atoms with Crippen molar-refractivity contribution in [3.8, 4) is 0 Å². The Labute approximate surface area is 68.8 Å². The molecule has 0 bridgehead atoms. The van der Waals surface area contributed by atoms with Gasteiger partial charge in [-0.1, -0.05) is 0 Å². The molecule has 0 heterocycles. The second-order valence-electron chi connectivity index (χ2n) is 1.73. The molecule has 9 heavy (non-hydrogen) atoms. The van der Waals surface area contributed by atoms with E-state index in [1.165, 1.54) is 11.7 Å². The minimum atomic E-state index is 0.552. The summed E-state index contributed by atoms with van der Waals surface area (Å²) < 4.78 is 1.09. The molecule has 0 aromatic rings. The topological polar surface area (TPSA) is 0 Å². The number of hydrogen-bond donors (Lipinski definition) is 0. The molecule has 54 valence electrons. The maximum atomic E-state index is 5.85. The zero-order valence-electron chi connectivity index (χ0n) is 5.98. The van der Waals surface area contributed by atoms with Gasteiger partial charge >= 0.3 is 68.6 Å². The second kappa shape index (κ2) is 6.67. The fourth-order valence-electron chi connectivity index (χ4n) is 0.455. The van der Waals surface area contributed by atoms with Gasteiger partial charge in [0.15, 0.2) is 0 Å². The van der Waals surface area contributed by atoms with Crippen molar-refractivity contribution in [1.29, 1.82) is 0 Å².